The van der Waals surface area contributed by atoms with Gasteiger partial charge in [-0.2, -0.15) is 4.31 Å². The molecule has 26 heavy (non-hydrogen) atoms. The standard InChI is InChI=1S/C19H28N2O4S/c1-14-6-4-5-11-21(14)19(22)17-7-9-18(10-8-17)26(23,24)20-12-15(2)25-16(3)13-20/h7-10,14-16H,4-6,11-13H2,1-3H3/t14-,15+,16+/m0/s1. The molecule has 0 saturated carbocycles. The zero-order chi connectivity index (χ0) is 18.9. The fourth-order valence-electron chi connectivity index (χ4n) is 3.81. The highest BCUT2D eigenvalue weighted by molar-refractivity contribution is 7.89. The lowest BCUT2D eigenvalue weighted by atomic mass is 10.0. The van der Waals surface area contributed by atoms with Gasteiger partial charge in [-0.15, -0.1) is 0 Å². The second-order valence-electron chi connectivity index (χ2n) is 7.45. The second kappa shape index (κ2) is 7.66. The third-order valence-corrected chi connectivity index (χ3v) is 7.03. The van der Waals surface area contributed by atoms with Gasteiger partial charge in [0.05, 0.1) is 17.1 Å². The molecule has 0 spiro atoms. The van der Waals surface area contributed by atoms with E-state index in [1.165, 1.54) is 4.31 Å². The molecule has 0 bridgehead atoms. The van der Waals surface area contributed by atoms with Gasteiger partial charge in [-0.3, -0.25) is 4.79 Å². The van der Waals surface area contributed by atoms with Crippen LogP contribution >= 0.6 is 0 Å². The predicted molar refractivity (Wildman–Crippen MR) is 99.6 cm³/mol. The fourth-order valence-corrected chi connectivity index (χ4v) is 5.40. The number of hydrogen-bond donors (Lipinski definition) is 0. The average Bonchev–Trinajstić information content (AvgIpc) is 2.61. The van der Waals surface area contributed by atoms with Gasteiger partial charge in [0, 0.05) is 31.2 Å². The summed E-state index contributed by atoms with van der Waals surface area (Å²) in [7, 11) is -3.58. The first-order valence-corrected chi connectivity index (χ1v) is 10.8. The summed E-state index contributed by atoms with van der Waals surface area (Å²) in [5.74, 6) is -0.0187. The number of sulfonamides is 1. The number of piperidine rings is 1. The summed E-state index contributed by atoms with van der Waals surface area (Å²) in [4.78, 5) is 14.8. The number of nitrogens with zero attached hydrogens (tertiary/aromatic N) is 2. The molecule has 1 aromatic carbocycles. The Bertz CT molecular complexity index is 737. The summed E-state index contributed by atoms with van der Waals surface area (Å²) >= 11 is 0. The Labute approximate surface area is 156 Å². The van der Waals surface area contributed by atoms with Gasteiger partial charge in [0.15, 0.2) is 0 Å². The third kappa shape index (κ3) is 3.94. The summed E-state index contributed by atoms with van der Waals surface area (Å²) in [6, 6.07) is 6.58. The number of likely N-dealkylation sites (tertiary alicyclic amines) is 1. The molecular formula is C19H28N2O4S. The average molecular weight is 381 g/mol. The molecule has 6 nitrogen and oxygen atoms in total. The van der Waals surface area contributed by atoms with Crippen molar-refractivity contribution in [2.45, 2.75) is 63.2 Å². The molecule has 144 valence electrons. The molecule has 2 aliphatic rings. The molecule has 0 unspecified atom stereocenters. The lowest BCUT2D eigenvalue weighted by Gasteiger charge is -2.34. The van der Waals surface area contributed by atoms with Crippen LogP contribution in [0.3, 0.4) is 0 Å². The van der Waals surface area contributed by atoms with Crippen LogP contribution in [-0.4, -0.2) is 61.4 Å². The van der Waals surface area contributed by atoms with Crippen molar-refractivity contribution in [3.8, 4) is 0 Å². The third-order valence-electron chi connectivity index (χ3n) is 5.19. The Morgan fingerprint density at radius 2 is 1.65 bits per heavy atom. The SMILES string of the molecule is C[C@@H]1CN(S(=O)(=O)c2ccc(C(=O)N3CCCC[C@@H]3C)cc2)C[C@@H](C)O1. The molecule has 3 rings (SSSR count). The van der Waals surface area contributed by atoms with Crippen LogP contribution < -0.4 is 0 Å². The van der Waals surface area contributed by atoms with Gasteiger partial charge in [-0.25, -0.2) is 8.42 Å². The van der Waals surface area contributed by atoms with Crippen LogP contribution in [0.25, 0.3) is 0 Å². The van der Waals surface area contributed by atoms with E-state index in [-0.39, 0.29) is 29.1 Å². The first kappa shape index (κ1) is 19.3. The van der Waals surface area contributed by atoms with Crippen LogP contribution in [0.1, 0.15) is 50.4 Å². The van der Waals surface area contributed by atoms with Crippen molar-refractivity contribution in [1.29, 1.82) is 0 Å². The van der Waals surface area contributed by atoms with Crippen LogP contribution in [0.2, 0.25) is 0 Å². The van der Waals surface area contributed by atoms with E-state index in [0.717, 1.165) is 25.8 Å². The number of rotatable bonds is 3. The molecule has 0 radical (unpaired) electrons. The molecule has 1 amide bonds. The number of carbonyl (C=O) groups is 1. The monoisotopic (exact) mass is 380 g/mol. The molecule has 3 atom stereocenters. The molecule has 2 saturated heterocycles. The van der Waals surface area contributed by atoms with E-state index in [1.807, 2.05) is 18.7 Å². The number of ether oxygens (including phenoxy) is 1. The number of amides is 1. The highest BCUT2D eigenvalue weighted by Crippen LogP contribution is 2.23. The van der Waals surface area contributed by atoms with Crippen molar-refractivity contribution in [2.75, 3.05) is 19.6 Å². The largest absolute Gasteiger partial charge is 0.373 e. The Balaban J connectivity index is 1.77. The Kier molecular flexibility index (Phi) is 5.69. The maximum Gasteiger partial charge on any atom is 0.254 e. The Hall–Kier alpha value is -1.44. The van der Waals surface area contributed by atoms with E-state index in [9.17, 15) is 13.2 Å². The van der Waals surface area contributed by atoms with Gasteiger partial charge in [0.25, 0.3) is 5.91 Å². The fraction of sp³-hybridized carbons (Fsp3) is 0.632. The van der Waals surface area contributed by atoms with Gasteiger partial charge in [-0.1, -0.05) is 0 Å². The van der Waals surface area contributed by atoms with Crippen molar-refractivity contribution < 1.29 is 17.9 Å². The number of hydrogen-bond acceptors (Lipinski definition) is 4. The normalized spacial score (nSPS) is 28.1. The van der Waals surface area contributed by atoms with Crippen molar-refractivity contribution in [1.82, 2.24) is 9.21 Å². The predicted octanol–water partition coefficient (Wildman–Crippen LogP) is 2.50. The van der Waals surface area contributed by atoms with E-state index >= 15 is 0 Å². The van der Waals surface area contributed by atoms with Gasteiger partial charge < -0.3 is 9.64 Å². The van der Waals surface area contributed by atoms with E-state index in [1.54, 1.807) is 24.3 Å². The van der Waals surface area contributed by atoms with Crippen molar-refractivity contribution >= 4 is 15.9 Å². The highest BCUT2D eigenvalue weighted by Gasteiger charge is 2.32. The molecular weight excluding hydrogens is 352 g/mol. The minimum absolute atomic E-state index is 0.0187. The molecule has 7 heteroatoms. The number of morpholine rings is 1. The highest BCUT2D eigenvalue weighted by atomic mass is 32.2. The summed E-state index contributed by atoms with van der Waals surface area (Å²) in [5.41, 5.74) is 0.543. The first-order valence-electron chi connectivity index (χ1n) is 9.35. The van der Waals surface area contributed by atoms with Crippen LogP contribution in [0.4, 0.5) is 0 Å². The summed E-state index contributed by atoms with van der Waals surface area (Å²) in [6.45, 7) is 7.27. The van der Waals surface area contributed by atoms with Gasteiger partial charge in [-0.05, 0) is 64.3 Å². The van der Waals surface area contributed by atoms with Crippen LogP contribution in [0.5, 0.6) is 0 Å². The van der Waals surface area contributed by atoms with E-state index in [0.29, 0.717) is 18.7 Å². The number of carbonyl (C=O) groups excluding carboxylic acids is 1. The van der Waals surface area contributed by atoms with Crippen LogP contribution in [0.15, 0.2) is 29.2 Å². The van der Waals surface area contributed by atoms with Crippen molar-refractivity contribution in [3.05, 3.63) is 29.8 Å². The first-order chi connectivity index (χ1) is 12.3. The van der Waals surface area contributed by atoms with Crippen LogP contribution in [0, 0.1) is 0 Å². The minimum Gasteiger partial charge on any atom is -0.373 e. The maximum absolute atomic E-state index is 12.9. The van der Waals surface area contributed by atoms with Gasteiger partial charge in [0.2, 0.25) is 10.0 Å². The van der Waals surface area contributed by atoms with E-state index < -0.39 is 10.0 Å². The molecule has 1 aromatic rings. The second-order valence-corrected chi connectivity index (χ2v) is 9.39. The van der Waals surface area contributed by atoms with Gasteiger partial charge in [0.1, 0.15) is 0 Å². The van der Waals surface area contributed by atoms with E-state index in [4.69, 9.17) is 4.74 Å². The summed E-state index contributed by atoms with van der Waals surface area (Å²) < 4.78 is 32.9. The van der Waals surface area contributed by atoms with Crippen molar-refractivity contribution in [3.63, 3.8) is 0 Å². The Morgan fingerprint density at radius 3 is 2.23 bits per heavy atom. The smallest absolute Gasteiger partial charge is 0.254 e. The molecule has 0 aromatic heterocycles. The number of benzene rings is 1. The minimum atomic E-state index is -3.58. The summed E-state index contributed by atoms with van der Waals surface area (Å²) in [6.07, 6.45) is 2.94. The molecule has 0 aliphatic carbocycles. The zero-order valence-corrected chi connectivity index (χ0v) is 16.5. The molecule has 2 heterocycles. The van der Waals surface area contributed by atoms with Crippen LogP contribution in [-0.2, 0) is 14.8 Å². The lowest BCUT2D eigenvalue weighted by Crippen LogP contribution is -2.48. The molecule has 2 fully saturated rings. The van der Waals surface area contributed by atoms with Gasteiger partial charge >= 0.3 is 0 Å². The van der Waals surface area contributed by atoms with Crippen molar-refractivity contribution in [2.24, 2.45) is 0 Å². The zero-order valence-electron chi connectivity index (χ0n) is 15.7. The van der Waals surface area contributed by atoms with E-state index in [2.05, 4.69) is 6.92 Å². The molecule has 0 N–H and O–H groups in total. The summed E-state index contributed by atoms with van der Waals surface area (Å²) in [5, 5.41) is 0. The Morgan fingerprint density at radius 1 is 1.04 bits per heavy atom. The maximum atomic E-state index is 12.9. The molecule has 2 aliphatic heterocycles. The lowest BCUT2D eigenvalue weighted by molar-refractivity contribution is -0.0440. The topological polar surface area (TPSA) is 66.9 Å². The quantitative estimate of drug-likeness (QED) is 0.808.